The molecule has 0 fully saturated rings. The Morgan fingerprint density at radius 2 is 1.43 bits per heavy atom. The molecule has 0 saturated carbocycles. The second-order valence-corrected chi connectivity index (χ2v) is 4.89. The standard InChI is InChI=1S/C18H18O3/c1-21-18(20)16(12-14-8-4-2-5-9-14)17(19)13-15-10-6-3-7-11-15/h2-11,16H,12-13H2,1H3. The fraction of sp³-hybridized carbons (Fsp3) is 0.222. The molecule has 0 bridgehead atoms. The van der Waals surface area contributed by atoms with Gasteiger partial charge in [0.1, 0.15) is 5.92 Å². The van der Waals surface area contributed by atoms with Crippen LogP contribution in [0, 0.1) is 5.92 Å². The number of esters is 1. The van der Waals surface area contributed by atoms with Crippen molar-refractivity contribution in [2.24, 2.45) is 5.92 Å². The van der Waals surface area contributed by atoms with Crippen LogP contribution in [0.15, 0.2) is 60.7 Å². The summed E-state index contributed by atoms with van der Waals surface area (Å²) in [5.74, 6) is -1.34. The lowest BCUT2D eigenvalue weighted by molar-refractivity contribution is -0.149. The van der Waals surface area contributed by atoms with Gasteiger partial charge in [-0.3, -0.25) is 9.59 Å². The van der Waals surface area contributed by atoms with Gasteiger partial charge in [0.15, 0.2) is 5.78 Å². The van der Waals surface area contributed by atoms with Crippen molar-refractivity contribution in [2.45, 2.75) is 12.8 Å². The van der Waals surface area contributed by atoms with Crippen molar-refractivity contribution in [1.82, 2.24) is 0 Å². The average Bonchev–Trinajstić information content (AvgIpc) is 2.53. The third-order valence-electron chi connectivity index (χ3n) is 3.38. The molecule has 0 aliphatic heterocycles. The Bertz CT molecular complexity index is 590. The van der Waals surface area contributed by atoms with Crippen LogP contribution in [-0.4, -0.2) is 18.9 Å². The van der Waals surface area contributed by atoms with E-state index in [0.717, 1.165) is 11.1 Å². The average molecular weight is 282 g/mol. The van der Waals surface area contributed by atoms with E-state index in [0.29, 0.717) is 6.42 Å². The largest absolute Gasteiger partial charge is 0.468 e. The Morgan fingerprint density at radius 1 is 0.905 bits per heavy atom. The molecule has 1 atom stereocenters. The van der Waals surface area contributed by atoms with E-state index in [1.165, 1.54) is 7.11 Å². The maximum atomic E-state index is 12.4. The van der Waals surface area contributed by atoms with Gasteiger partial charge in [-0.25, -0.2) is 0 Å². The number of ketones is 1. The molecule has 0 heterocycles. The number of rotatable bonds is 6. The molecule has 0 aliphatic carbocycles. The lowest BCUT2D eigenvalue weighted by Crippen LogP contribution is -2.28. The lowest BCUT2D eigenvalue weighted by atomic mass is 9.91. The van der Waals surface area contributed by atoms with Gasteiger partial charge in [-0.15, -0.1) is 0 Å². The Morgan fingerprint density at radius 3 is 1.95 bits per heavy atom. The molecule has 21 heavy (non-hydrogen) atoms. The summed E-state index contributed by atoms with van der Waals surface area (Å²) in [7, 11) is 1.32. The molecule has 0 saturated heterocycles. The lowest BCUT2D eigenvalue weighted by Gasteiger charge is -2.13. The second-order valence-electron chi connectivity index (χ2n) is 4.89. The first kappa shape index (κ1) is 15.0. The maximum absolute atomic E-state index is 12.4. The van der Waals surface area contributed by atoms with Crippen molar-refractivity contribution in [2.75, 3.05) is 7.11 Å². The van der Waals surface area contributed by atoms with Crippen molar-refractivity contribution in [3.05, 3.63) is 71.8 Å². The van der Waals surface area contributed by atoms with Crippen LogP contribution in [0.5, 0.6) is 0 Å². The van der Waals surface area contributed by atoms with Crippen molar-refractivity contribution < 1.29 is 14.3 Å². The van der Waals surface area contributed by atoms with E-state index in [1.807, 2.05) is 60.7 Å². The van der Waals surface area contributed by atoms with Gasteiger partial charge >= 0.3 is 5.97 Å². The van der Waals surface area contributed by atoms with Gasteiger partial charge in [0.05, 0.1) is 7.11 Å². The van der Waals surface area contributed by atoms with E-state index in [4.69, 9.17) is 4.74 Å². The van der Waals surface area contributed by atoms with E-state index in [1.54, 1.807) is 0 Å². The van der Waals surface area contributed by atoms with Crippen molar-refractivity contribution in [3.63, 3.8) is 0 Å². The Kier molecular flexibility index (Phi) is 5.27. The quantitative estimate of drug-likeness (QED) is 0.604. The normalized spacial score (nSPS) is 11.7. The molecule has 0 amide bonds. The Balaban J connectivity index is 2.12. The van der Waals surface area contributed by atoms with Crippen LogP contribution in [0.25, 0.3) is 0 Å². The highest BCUT2D eigenvalue weighted by molar-refractivity contribution is 6.00. The molecule has 0 radical (unpaired) electrons. The first-order valence-corrected chi connectivity index (χ1v) is 6.89. The summed E-state index contributed by atoms with van der Waals surface area (Å²) >= 11 is 0. The van der Waals surface area contributed by atoms with E-state index >= 15 is 0 Å². The number of hydrogen-bond acceptors (Lipinski definition) is 3. The summed E-state index contributed by atoms with van der Waals surface area (Å²) in [6.07, 6.45) is 0.618. The molecular formula is C18H18O3. The van der Waals surface area contributed by atoms with Crippen LogP contribution in [0.3, 0.4) is 0 Å². The third kappa shape index (κ3) is 4.28. The first-order chi connectivity index (χ1) is 10.2. The van der Waals surface area contributed by atoms with Gasteiger partial charge in [-0.05, 0) is 17.5 Å². The van der Waals surface area contributed by atoms with Crippen molar-refractivity contribution >= 4 is 11.8 Å². The van der Waals surface area contributed by atoms with Gasteiger partial charge in [0.2, 0.25) is 0 Å². The maximum Gasteiger partial charge on any atom is 0.316 e. The van der Waals surface area contributed by atoms with Gasteiger partial charge in [0, 0.05) is 6.42 Å². The molecule has 3 nitrogen and oxygen atoms in total. The van der Waals surface area contributed by atoms with E-state index in [-0.39, 0.29) is 12.2 Å². The zero-order valence-corrected chi connectivity index (χ0v) is 12.0. The van der Waals surface area contributed by atoms with Gasteiger partial charge in [-0.1, -0.05) is 60.7 Å². The smallest absolute Gasteiger partial charge is 0.316 e. The van der Waals surface area contributed by atoms with Crippen molar-refractivity contribution in [1.29, 1.82) is 0 Å². The van der Waals surface area contributed by atoms with Crippen LogP contribution in [0.4, 0.5) is 0 Å². The van der Waals surface area contributed by atoms with Gasteiger partial charge < -0.3 is 4.74 Å². The monoisotopic (exact) mass is 282 g/mol. The highest BCUT2D eigenvalue weighted by Crippen LogP contribution is 2.14. The highest BCUT2D eigenvalue weighted by Gasteiger charge is 2.27. The summed E-state index contributed by atoms with van der Waals surface area (Å²) in [4.78, 5) is 24.3. The Labute approximate surface area is 124 Å². The molecule has 3 heteroatoms. The minimum absolute atomic E-state index is 0.114. The molecule has 2 aromatic rings. The summed E-state index contributed by atoms with van der Waals surface area (Å²) < 4.78 is 4.78. The summed E-state index contributed by atoms with van der Waals surface area (Å²) in [5, 5.41) is 0. The molecule has 0 N–H and O–H groups in total. The number of ether oxygens (including phenoxy) is 1. The second kappa shape index (κ2) is 7.39. The van der Waals surface area contributed by atoms with Gasteiger partial charge in [-0.2, -0.15) is 0 Å². The van der Waals surface area contributed by atoms with Gasteiger partial charge in [0.25, 0.3) is 0 Å². The van der Waals surface area contributed by atoms with Crippen LogP contribution < -0.4 is 0 Å². The minimum atomic E-state index is -0.752. The number of carbonyl (C=O) groups excluding carboxylic acids is 2. The Hall–Kier alpha value is -2.42. The van der Waals surface area contributed by atoms with Crippen LogP contribution >= 0.6 is 0 Å². The molecule has 2 aromatic carbocycles. The SMILES string of the molecule is COC(=O)C(Cc1ccccc1)C(=O)Cc1ccccc1. The highest BCUT2D eigenvalue weighted by atomic mass is 16.5. The molecule has 108 valence electrons. The first-order valence-electron chi connectivity index (χ1n) is 6.89. The van der Waals surface area contributed by atoms with Crippen LogP contribution in [0.1, 0.15) is 11.1 Å². The molecular weight excluding hydrogens is 264 g/mol. The number of carbonyl (C=O) groups is 2. The fourth-order valence-electron chi connectivity index (χ4n) is 2.24. The predicted octanol–water partition coefficient (Wildman–Crippen LogP) is 2.83. The van der Waals surface area contributed by atoms with Crippen molar-refractivity contribution in [3.8, 4) is 0 Å². The minimum Gasteiger partial charge on any atom is -0.468 e. The van der Waals surface area contributed by atoms with Crippen LogP contribution in [-0.2, 0) is 27.2 Å². The molecule has 2 rings (SSSR count). The zero-order valence-electron chi connectivity index (χ0n) is 12.0. The summed E-state index contributed by atoms with van der Waals surface area (Å²) in [6.45, 7) is 0. The summed E-state index contributed by atoms with van der Waals surface area (Å²) in [6, 6.07) is 18.9. The molecule has 0 spiro atoms. The van der Waals surface area contributed by atoms with E-state index in [2.05, 4.69) is 0 Å². The topological polar surface area (TPSA) is 43.4 Å². The number of benzene rings is 2. The number of hydrogen-bond donors (Lipinski definition) is 0. The number of Topliss-reactive ketones (excluding diaryl/α,β-unsaturated/α-hetero) is 1. The van der Waals surface area contributed by atoms with E-state index in [9.17, 15) is 9.59 Å². The fourth-order valence-corrected chi connectivity index (χ4v) is 2.24. The number of methoxy groups -OCH3 is 1. The third-order valence-corrected chi connectivity index (χ3v) is 3.38. The molecule has 1 unspecified atom stereocenters. The predicted molar refractivity (Wildman–Crippen MR) is 80.8 cm³/mol. The summed E-state index contributed by atoms with van der Waals surface area (Å²) in [5.41, 5.74) is 1.86. The molecule has 0 aromatic heterocycles. The zero-order chi connectivity index (χ0) is 15.1. The van der Waals surface area contributed by atoms with E-state index < -0.39 is 11.9 Å². The van der Waals surface area contributed by atoms with Crippen LogP contribution in [0.2, 0.25) is 0 Å². The molecule has 0 aliphatic rings.